The number of amides is 1. The Kier molecular flexibility index (Phi) is 3.76. The first-order valence-electron chi connectivity index (χ1n) is 6.96. The number of carbonyl (C=O) groups excluding carboxylic acids is 1. The third kappa shape index (κ3) is 2.89. The van der Waals surface area contributed by atoms with E-state index in [1.165, 1.54) is 10.6 Å². The maximum atomic E-state index is 12.2. The molecule has 7 heteroatoms. The molecule has 23 heavy (non-hydrogen) atoms. The molecule has 2 aromatic heterocycles. The van der Waals surface area contributed by atoms with Crippen LogP contribution in [0.5, 0.6) is 0 Å². The summed E-state index contributed by atoms with van der Waals surface area (Å²) < 4.78 is 1.33. The average Bonchev–Trinajstić information content (AvgIpc) is 2.58. The fourth-order valence-electron chi connectivity index (χ4n) is 2.29. The third-order valence-corrected chi connectivity index (χ3v) is 3.59. The smallest absolute Gasteiger partial charge is 0.328 e. The van der Waals surface area contributed by atoms with Crippen LogP contribution in [0.15, 0.2) is 52.3 Å². The highest BCUT2D eigenvalue weighted by Gasteiger charge is 2.10. The second-order valence-corrected chi connectivity index (χ2v) is 5.09. The lowest BCUT2D eigenvalue weighted by molar-refractivity contribution is 0.0951. The molecule has 116 valence electrons. The van der Waals surface area contributed by atoms with Crippen LogP contribution in [0.2, 0.25) is 0 Å². The molecule has 3 rings (SSSR count). The Morgan fingerprint density at radius 2 is 1.96 bits per heavy atom. The van der Waals surface area contributed by atoms with Gasteiger partial charge in [-0.1, -0.05) is 0 Å². The van der Waals surface area contributed by atoms with Crippen molar-refractivity contribution in [1.82, 2.24) is 19.9 Å². The number of H-pyrrole nitrogens is 1. The van der Waals surface area contributed by atoms with E-state index in [9.17, 15) is 14.4 Å². The minimum Gasteiger partial charge on any atom is -0.348 e. The maximum absolute atomic E-state index is 12.2. The Balaban J connectivity index is 1.90. The first-order chi connectivity index (χ1) is 11.1. The summed E-state index contributed by atoms with van der Waals surface area (Å²) in [7, 11) is 1.56. The summed E-state index contributed by atoms with van der Waals surface area (Å²) in [6.07, 6.45) is 3.30. The Bertz CT molecular complexity index is 990. The molecule has 3 aromatic rings. The van der Waals surface area contributed by atoms with Crippen molar-refractivity contribution in [1.29, 1.82) is 0 Å². The fraction of sp³-hybridized carbons (Fsp3) is 0.125. The monoisotopic (exact) mass is 310 g/mol. The summed E-state index contributed by atoms with van der Waals surface area (Å²) in [6.45, 7) is 0.364. The minimum absolute atomic E-state index is 0.294. The molecule has 0 atom stereocenters. The minimum atomic E-state index is -0.508. The number of benzene rings is 1. The molecule has 0 fully saturated rings. The van der Waals surface area contributed by atoms with Crippen LogP contribution in [0.3, 0.4) is 0 Å². The van der Waals surface area contributed by atoms with E-state index in [-0.39, 0.29) is 5.91 Å². The summed E-state index contributed by atoms with van der Waals surface area (Å²) in [6, 6.07) is 8.27. The van der Waals surface area contributed by atoms with Gasteiger partial charge in [-0.15, -0.1) is 0 Å². The van der Waals surface area contributed by atoms with Gasteiger partial charge < -0.3 is 5.32 Å². The van der Waals surface area contributed by atoms with Crippen molar-refractivity contribution < 1.29 is 4.79 Å². The Hall–Kier alpha value is -3.22. The second-order valence-electron chi connectivity index (χ2n) is 5.09. The zero-order valence-corrected chi connectivity index (χ0v) is 12.4. The zero-order valence-electron chi connectivity index (χ0n) is 12.4. The molecule has 0 radical (unpaired) electrons. The average molecular weight is 310 g/mol. The molecule has 2 heterocycles. The zero-order chi connectivity index (χ0) is 16.4. The van der Waals surface area contributed by atoms with Crippen LogP contribution >= 0.6 is 0 Å². The third-order valence-electron chi connectivity index (χ3n) is 3.59. The molecule has 0 aliphatic carbocycles. The fourth-order valence-corrected chi connectivity index (χ4v) is 2.29. The molecule has 1 amide bonds. The number of nitrogens with one attached hydrogen (secondary N) is 2. The SMILES string of the molecule is Cn1c(=O)[nH]c(=O)c2cc(C(=O)NCc3ccncc3)ccc21. The normalized spacial score (nSPS) is 10.7. The van der Waals surface area contributed by atoms with Crippen LogP contribution in [0, 0.1) is 0 Å². The summed E-state index contributed by atoms with van der Waals surface area (Å²) in [5.41, 5.74) is 0.763. The van der Waals surface area contributed by atoms with E-state index in [4.69, 9.17) is 0 Å². The highest BCUT2D eigenvalue weighted by Crippen LogP contribution is 2.10. The molecule has 0 saturated carbocycles. The van der Waals surface area contributed by atoms with E-state index >= 15 is 0 Å². The van der Waals surface area contributed by atoms with Crippen molar-refractivity contribution in [2.75, 3.05) is 0 Å². The van der Waals surface area contributed by atoms with Crippen molar-refractivity contribution in [3.8, 4) is 0 Å². The van der Waals surface area contributed by atoms with Crippen molar-refractivity contribution >= 4 is 16.8 Å². The van der Waals surface area contributed by atoms with E-state index in [0.717, 1.165) is 5.56 Å². The van der Waals surface area contributed by atoms with Gasteiger partial charge in [-0.3, -0.25) is 24.1 Å². The molecule has 0 saturated heterocycles. The van der Waals surface area contributed by atoms with Crippen molar-refractivity contribution in [3.05, 3.63) is 74.7 Å². The van der Waals surface area contributed by atoms with Crippen LogP contribution in [-0.4, -0.2) is 20.4 Å². The van der Waals surface area contributed by atoms with Crippen LogP contribution in [-0.2, 0) is 13.6 Å². The molecule has 0 unspecified atom stereocenters. The number of carbonyl (C=O) groups is 1. The number of aromatic nitrogens is 3. The summed E-state index contributed by atoms with van der Waals surface area (Å²) in [5.74, 6) is -0.294. The Morgan fingerprint density at radius 1 is 1.22 bits per heavy atom. The number of pyridine rings is 1. The maximum Gasteiger partial charge on any atom is 0.328 e. The number of nitrogens with zero attached hydrogens (tertiary/aromatic N) is 2. The van der Waals surface area contributed by atoms with Crippen LogP contribution in [0.25, 0.3) is 10.9 Å². The standard InChI is InChI=1S/C16H14N4O3/c1-20-13-3-2-11(8-12(13)15(22)19-16(20)23)14(21)18-9-10-4-6-17-7-5-10/h2-8H,9H2,1H3,(H,18,21)(H,19,22,23). The highest BCUT2D eigenvalue weighted by molar-refractivity contribution is 5.97. The summed E-state index contributed by atoms with van der Waals surface area (Å²) >= 11 is 0. The van der Waals surface area contributed by atoms with Crippen LogP contribution in [0.1, 0.15) is 15.9 Å². The first-order valence-corrected chi connectivity index (χ1v) is 6.96. The predicted octanol–water partition coefficient (Wildman–Crippen LogP) is 0.552. The molecule has 1 aromatic carbocycles. The first kappa shape index (κ1) is 14.7. The van der Waals surface area contributed by atoms with Gasteiger partial charge in [0.2, 0.25) is 0 Å². The lowest BCUT2D eigenvalue weighted by Gasteiger charge is -2.07. The van der Waals surface area contributed by atoms with Crippen molar-refractivity contribution in [3.63, 3.8) is 0 Å². The van der Waals surface area contributed by atoms with E-state index in [2.05, 4.69) is 15.3 Å². The molecular weight excluding hydrogens is 296 g/mol. The molecule has 0 aliphatic rings. The van der Waals surface area contributed by atoms with Gasteiger partial charge in [0.25, 0.3) is 11.5 Å². The molecule has 0 spiro atoms. The lowest BCUT2D eigenvalue weighted by Crippen LogP contribution is -2.29. The van der Waals surface area contributed by atoms with Gasteiger partial charge in [-0.2, -0.15) is 0 Å². The highest BCUT2D eigenvalue weighted by atomic mass is 16.2. The Morgan fingerprint density at radius 3 is 2.70 bits per heavy atom. The van der Waals surface area contributed by atoms with E-state index < -0.39 is 11.2 Å². The topological polar surface area (TPSA) is 96.9 Å². The molecule has 0 aliphatic heterocycles. The lowest BCUT2D eigenvalue weighted by atomic mass is 10.1. The number of aromatic amines is 1. The van der Waals surface area contributed by atoms with Crippen LogP contribution < -0.4 is 16.6 Å². The Labute approximate surface area is 130 Å². The van der Waals surface area contributed by atoms with Gasteiger partial charge in [0.15, 0.2) is 0 Å². The number of rotatable bonds is 3. The molecule has 0 bridgehead atoms. The number of fused-ring (bicyclic) bond motifs is 1. The number of aryl methyl sites for hydroxylation is 1. The van der Waals surface area contributed by atoms with E-state index in [1.807, 2.05) is 0 Å². The van der Waals surface area contributed by atoms with E-state index in [0.29, 0.717) is 23.0 Å². The van der Waals surface area contributed by atoms with Gasteiger partial charge >= 0.3 is 5.69 Å². The molecule has 2 N–H and O–H groups in total. The van der Waals surface area contributed by atoms with Crippen molar-refractivity contribution in [2.24, 2.45) is 7.05 Å². The van der Waals surface area contributed by atoms with Gasteiger partial charge in [0.05, 0.1) is 10.9 Å². The van der Waals surface area contributed by atoms with Gasteiger partial charge in [0.1, 0.15) is 0 Å². The van der Waals surface area contributed by atoms with Gasteiger partial charge in [0, 0.05) is 31.5 Å². The molecule has 7 nitrogen and oxygen atoms in total. The van der Waals surface area contributed by atoms with Gasteiger partial charge in [-0.05, 0) is 35.9 Å². The predicted molar refractivity (Wildman–Crippen MR) is 85.2 cm³/mol. The number of hydrogen-bond donors (Lipinski definition) is 2. The number of hydrogen-bond acceptors (Lipinski definition) is 4. The van der Waals surface area contributed by atoms with Gasteiger partial charge in [-0.25, -0.2) is 4.79 Å². The van der Waals surface area contributed by atoms with Crippen LogP contribution in [0.4, 0.5) is 0 Å². The molecular formula is C16H14N4O3. The second kappa shape index (κ2) is 5.88. The summed E-state index contributed by atoms with van der Waals surface area (Å²) in [5, 5.41) is 3.07. The largest absolute Gasteiger partial charge is 0.348 e. The summed E-state index contributed by atoms with van der Waals surface area (Å²) in [4.78, 5) is 41.8. The quantitative estimate of drug-likeness (QED) is 0.738. The van der Waals surface area contributed by atoms with E-state index in [1.54, 1.807) is 43.7 Å². The van der Waals surface area contributed by atoms with Crippen molar-refractivity contribution in [2.45, 2.75) is 6.54 Å².